The number of carbonyl (C=O) groups is 1. The second-order valence-corrected chi connectivity index (χ2v) is 6.39. The molecule has 0 unspecified atom stereocenters. The van der Waals surface area contributed by atoms with Crippen LogP contribution in [-0.2, 0) is 24.3 Å². The lowest BCUT2D eigenvalue weighted by Gasteiger charge is -2.23. The smallest absolute Gasteiger partial charge is 0.238 e. The number of methoxy groups -OCH3 is 1. The topological polar surface area (TPSA) is 41.6 Å². The number of rotatable bonds is 8. The van der Waals surface area contributed by atoms with E-state index in [1.807, 2.05) is 65.7 Å². The van der Waals surface area contributed by atoms with Gasteiger partial charge in [-0.15, -0.1) is 0 Å². The normalized spacial score (nSPS) is 10.6. The molecule has 0 aliphatic rings. The maximum atomic E-state index is 12.6. The largest absolute Gasteiger partial charge is 0.497 e. The molecule has 0 atom stereocenters. The lowest BCUT2D eigenvalue weighted by Crippen LogP contribution is -2.42. The molecule has 0 aliphatic carbocycles. The Morgan fingerprint density at radius 1 is 0.778 bits per heavy atom. The van der Waals surface area contributed by atoms with Crippen LogP contribution in [0.2, 0.25) is 0 Å². The van der Waals surface area contributed by atoms with Crippen molar-refractivity contribution < 1.29 is 9.53 Å². The van der Waals surface area contributed by atoms with Gasteiger partial charge < -0.3 is 4.74 Å². The van der Waals surface area contributed by atoms with Crippen LogP contribution in [0.15, 0.2) is 84.9 Å². The number of nitrogens with one attached hydrogen (secondary N) is 1. The molecular weight excluding hydrogens is 336 g/mol. The summed E-state index contributed by atoms with van der Waals surface area (Å²) in [7, 11) is 1.63. The van der Waals surface area contributed by atoms with Gasteiger partial charge in [-0.25, -0.2) is 5.01 Å². The number of amides is 1. The molecule has 0 saturated carbocycles. The molecule has 0 bridgehead atoms. The van der Waals surface area contributed by atoms with Crippen LogP contribution in [0.3, 0.4) is 0 Å². The van der Waals surface area contributed by atoms with Crippen molar-refractivity contribution in [1.29, 1.82) is 0 Å². The Hall–Kier alpha value is -3.11. The number of hydrazine groups is 1. The Balaban J connectivity index is 1.66. The Morgan fingerprint density at radius 2 is 1.30 bits per heavy atom. The Kier molecular flexibility index (Phi) is 6.61. The van der Waals surface area contributed by atoms with Crippen molar-refractivity contribution in [3.8, 4) is 5.75 Å². The van der Waals surface area contributed by atoms with E-state index in [9.17, 15) is 4.79 Å². The van der Waals surface area contributed by atoms with E-state index in [1.54, 1.807) is 7.11 Å². The molecule has 27 heavy (non-hydrogen) atoms. The molecule has 4 heteroatoms. The number of nitrogens with zero attached hydrogens (tertiary/aromatic N) is 1. The number of carbonyl (C=O) groups excluding carboxylic acids is 1. The summed E-state index contributed by atoms with van der Waals surface area (Å²) in [6.07, 6.45) is 0.323. The molecule has 3 rings (SSSR count). The minimum Gasteiger partial charge on any atom is -0.497 e. The summed E-state index contributed by atoms with van der Waals surface area (Å²) >= 11 is 0. The monoisotopic (exact) mass is 360 g/mol. The molecule has 1 amide bonds. The first-order chi connectivity index (χ1) is 13.2. The second kappa shape index (κ2) is 9.55. The molecule has 0 spiro atoms. The van der Waals surface area contributed by atoms with Gasteiger partial charge in [-0.05, 0) is 28.8 Å². The van der Waals surface area contributed by atoms with E-state index < -0.39 is 0 Å². The molecule has 0 aromatic heterocycles. The number of ether oxygens (including phenoxy) is 1. The highest BCUT2D eigenvalue weighted by Crippen LogP contribution is 2.12. The average molecular weight is 360 g/mol. The minimum atomic E-state index is -0.0352. The zero-order valence-corrected chi connectivity index (χ0v) is 15.5. The summed E-state index contributed by atoms with van der Waals surface area (Å²) < 4.78 is 5.16. The highest BCUT2D eigenvalue weighted by Gasteiger charge is 2.12. The molecule has 3 aromatic rings. The van der Waals surface area contributed by atoms with Gasteiger partial charge in [0.15, 0.2) is 0 Å². The molecule has 0 fully saturated rings. The van der Waals surface area contributed by atoms with Crippen molar-refractivity contribution in [3.05, 3.63) is 102 Å². The lowest BCUT2D eigenvalue weighted by atomic mass is 10.1. The first-order valence-electron chi connectivity index (χ1n) is 8.98. The van der Waals surface area contributed by atoms with E-state index in [0.717, 1.165) is 22.4 Å². The fourth-order valence-electron chi connectivity index (χ4n) is 2.89. The van der Waals surface area contributed by atoms with Crippen molar-refractivity contribution in [2.75, 3.05) is 7.11 Å². The fourth-order valence-corrected chi connectivity index (χ4v) is 2.89. The first kappa shape index (κ1) is 18.7. The molecular formula is C23H24N2O2. The van der Waals surface area contributed by atoms with Crippen molar-refractivity contribution in [1.82, 2.24) is 10.4 Å². The summed E-state index contributed by atoms with van der Waals surface area (Å²) in [5.74, 6) is 0.751. The van der Waals surface area contributed by atoms with E-state index in [0.29, 0.717) is 19.5 Å². The predicted octanol–water partition coefficient (Wildman–Crippen LogP) is 3.97. The van der Waals surface area contributed by atoms with Crippen molar-refractivity contribution in [3.63, 3.8) is 0 Å². The van der Waals surface area contributed by atoms with Gasteiger partial charge in [0, 0.05) is 13.1 Å². The standard InChI is InChI=1S/C23H24N2O2/c1-27-22-14-12-19(13-15-22)16-23(26)24-25(17-20-8-4-2-5-9-20)18-21-10-6-3-7-11-21/h2-15H,16-18H2,1H3,(H,24,26). The third kappa shape index (κ3) is 5.97. The molecule has 0 heterocycles. The van der Waals surface area contributed by atoms with E-state index in [4.69, 9.17) is 4.74 Å². The molecule has 138 valence electrons. The van der Waals surface area contributed by atoms with Crippen LogP contribution >= 0.6 is 0 Å². The molecule has 0 aliphatic heterocycles. The summed E-state index contributed by atoms with van der Waals surface area (Å²) in [6, 6.07) is 27.8. The van der Waals surface area contributed by atoms with Crippen molar-refractivity contribution >= 4 is 5.91 Å². The zero-order chi connectivity index (χ0) is 18.9. The fraction of sp³-hybridized carbons (Fsp3) is 0.174. The first-order valence-corrected chi connectivity index (χ1v) is 8.98. The second-order valence-electron chi connectivity index (χ2n) is 6.39. The SMILES string of the molecule is COc1ccc(CC(=O)NN(Cc2ccccc2)Cc2ccccc2)cc1. The van der Waals surface area contributed by atoms with E-state index in [1.165, 1.54) is 0 Å². The third-order valence-electron chi connectivity index (χ3n) is 4.24. The van der Waals surface area contributed by atoms with Crippen molar-refractivity contribution in [2.45, 2.75) is 19.5 Å². The third-order valence-corrected chi connectivity index (χ3v) is 4.24. The summed E-state index contributed by atoms with van der Waals surface area (Å²) in [6.45, 7) is 1.29. The van der Waals surface area contributed by atoms with Gasteiger partial charge in [-0.2, -0.15) is 0 Å². The van der Waals surface area contributed by atoms with Crippen LogP contribution in [0.25, 0.3) is 0 Å². The lowest BCUT2D eigenvalue weighted by molar-refractivity contribution is -0.125. The molecule has 4 nitrogen and oxygen atoms in total. The van der Waals surface area contributed by atoms with Gasteiger partial charge in [0.25, 0.3) is 0 Å². The van der Waals surface area contributed by atoms with Gasteiger partial charge >= 0.3 is 0 Å². The highest BCUT2D eigenvalue weighted by molar-refractivity contribution is 5.78. The van der Waals surface area contributed by atoms with Gasteiger partial charge in [0.1, 0.15) is 5.75 Å². The Labute approximate surface area is 160 Å². The molecule has 1 N–H and O–H groups in total. The number of hydrogen-bond donors (Lipinski definition) is 1. The highest BCUT2D eigenvalue weighted by atomic mass is 16.5. The van der Waals surface area contributed by atoms with E-state index in [-0.39, 0.29) is 5.91 Å². The van der Waals surface area contributed by atoms with Crippen LogP contribution in [0, 0.1) is 0 Å². The van der Waals surface area contributed by atoms with Gasteiger partial charge in [0.05, 0.1) is 13.5 Å². The van der Waals surface area contributed by atoms with Crippen molar-refractivity contribution in [2.24, 2.45) is 0 Å². The number of benzene rings is 3. The molecule has 0 radical (unpaired) electrons. The summed E-state index contributed by atoms with van der Waals surface area (Å²) in [4.78, 5) is 12.6. The Bertz CT molecular complexity index is 792. The predicted molar refractivity (Wildman–Crippen MR) is 107 cm³/mol. The van der Waals surface area contributed by atoms with Gasteiger partial charge in [-0.1, -0.05) is 72.8 Å². The van der Waals surface area contributed by atoms with Gasteiger partial charge in [-0.3, -0.25) is 10.2 Å². The molecule has 0 saturated heterocycles. The van der Waals surface area contributed by atoms with E-state index in [2.05, 4.69) is 29.7 Å². The summed E-state index contributed by atoms with van der Waals surface area (Å²) in [5, 5.41) is 1.95. The number of hydrogen-bond acceptors (Lipinski definition) is 3. The maximum Gasteiger partial charge on any atom is 0.238 e. The van der Waals surface area contributed by atoms with Crippen LogP contribution in [0.4, 0.5) is 0 Å². The van der Waals surface area contributed by atoms with Crippen LogP contribution in [0.1, 0.15) is 16.7 Å². The Morgan fingerprint density at radius 3 is 1.78 bits per heavy atom. The minimum absolute atomic E-state index is 0.0352. The summed E-state index contributed by atoms with van der Waals surface area (Å²) in [5.41, 5.74) is 6.31. The van der Waals surface area contributed by atoms with Crippen LogP contribution < -0.4 is 10.2 Å². The molecule has 3 aromatic carbocycles. The maximum absolute atomic E-state index is 12.6. The van der Waals surface area contributed by atoms with Crippen LogP contribution in [0.5, 0.6) is 5.75 Å². The van der Waals surface area contributed by atoms with Crippen LogP contribution in [-0.4, -0.2) is 18.0 Å². The quantitative estimate of drug-likeness (QED) is 0.618. The van der Waals surface area contributed by atoms with E-state index >= 15 is 0 Å². The van der Waals surface area contributed by atoms with Gasteiger partial charge in [0.2, 0.25) is 5.91 Å². The zero-order valence-electron chi connectivity index (χ0n) is 15.5. The average Bonchev–Trinajstić information content (AvgIpc) is 2.70.